The van der Waals surface area contributed by atoms with E-state index in [0.717, 1.165) is 62.4 Å². The number of fused-ring (bicyclic) bond motifs is 1. The third kappa shape index (κ3) is 3.98. The number of amides is 2. The molecule has 0 atom stereocenters. The summed E-state index contributed by atoms with van der Waals surface area (Å²) in [6.07, 6.45) is 10.0. The Labute approximate surface area is 146 Å². The van der Waals surface area contributed by atoms with Gasteiger partial charge in [-0.2, -0.15) is 13.5 Å². The van der Waals surface area contributed by atoms with Crippen molar-refractivity contribution < 1.29 is 13.2 Å². The van der Waals surface area contributed by atoms with Crippen LogP contribution < -0.4 is 10.0 Å². The Morgan fingerprint density at radius 1 is 1.20 bits per heavy atom. The topological polar surface area (TPSA) is 117 Å². The van der Waals surface area contributed by atoms with Gasteiger partial charge in [0, 0.05) is 5.70 Å². The highest BCUT2D eigenvalue weighted by Gasteiger charge is 2.25. The molecule has 3 rings (SSSR count). The first kappa shape index (κ1) is 17.4. The Morgan fingerprint density at radius 3 is 2.80 bits per heavy atom. The summed E-state index contributed by atoms with van der Waals surface area (Å²) < 4.78 is 26.1. The third-order valence-corrected chi connectivity index (χ3v) is 5.51. The molecule has 0 radical (unpaired) electrons. The number of aromatic nitrogens is 3. The number of H-pyrrole nitrogens is 1. The molecule has 9 heteroatoms. The molecular weight excluding hydrogens is 342 g/mol. The van der Waals surface area contributed by atoms with Crippen LogP contribution in [0.5, 0.6) is 0 Å². The van der Waals surface area contributed by atoms with Crippen molar-refractivity contribution >= 4 is 16.1 Å². The van der Waals surface area contributed by atoms with Crippen LogP contribution in [0.3, 0.4) is 0 Å². The maximum atomic E-state index is 12.3. The van der Waals surface area contributed by atoms with Crippen molar-refractivity contribution in [3.05, 3.63) is 41.4 Å². The minimum atomic E-state index is -4.09. The number of aromatic amines is 1. The fraction of sp³-hybridized carbons (Fsp3) is 0.438. The molecular formula is C16H21N5O3S. The minimum Gasteiger partial charge on any atom is -0.307 e. The first-order valence-electron chi connectivity index (χ1n) is 8.27. The summed E-state index contributed by atoms with van der Waals surface area (Å²) in [7, 11) is -4.09. The summed E-state index contributed by atoms with van der Waals surface area (Å²) in [5.74, 6) is 0. The molecule has 0 aromatic carbocycles. The fourth-order valence-corrected chi connectivity index (χ4v) is 3.92. The molecule has 0 saturated heterocycles. The van der Waals surface area contributed by atoms with Gasteiger partial charge < -0.3 is 5.32 Å². The smallest absolute Gasteiger partial charge is 0.307 e. The van der Waals surface area contributed by atoms with E-state index in [1.807, 2.05) is 4.72 Å². The lowest BCUT2D eigenvalue weighted by Gasteiger charge is -2.16. The molecule has 2 aliphatic carbocycles. The van der Waals surface area contributed by atoms with Crippen LogP contribution in [0.4, 0.5) is 4.79 Å². The van der Waals surface area contributed by atoms with E-state index in [9.17, 15) is 13.2 Å². The number of nitrogens with zero attached hydrogens (tertiary/aromatic N) is 2. The van der Waals surface area contributed by atoms with Gasteiger partial charge in [0.1, 0.15) is 6.33 Å². The summed E-state index contributed by atoms with van der Waals surface area (Å²) in [6, 6.07) is -0.828. The Balaban J connectivity index is 1.82. The van der Waals surface area contributed by atoms with Crippen LogP contribution in [0.25, 0.3) is 0 Å². The molecule has 3 N–H and O–H groups in total. The van der Waals surface area contributed by atoms with Gasteiger partial charge in [0.25, 0.3) is 5.16 Å². The van der Waals surface area contributed by atoms with Crippen molar-refractivity contribution in [2.24, 2.45) is 0 Å². The number of urea groups is 1. The highest BCUT2D eigenvalue weighted by atomic mass is 32.2. The number of sulfonamides is 1. The van der Waals surface area contributed by atoms with Crippen molar-refractivity contribution in [1.82, 2.24) is 25.2 Å². The zero-order chi connectivity index (χ0) is 17.9. The van der Waals surface area contributed by atoms with Gasteiger partial charge in [-0.05, 0) is 61.7 Å². The van der Waals surface area contributed by atoms with E-state index in [1.165, 1.54) is 5.57 Å². The third-order valence-electron chi connectivity index (χ3n) is 4.35. The number of carbonyl (C=O) groups excluding carboxylic acids is 1. The number of allylic oxidation sites excluding steroid dienone is 4. The SMILES string of the molecule is C=C1CCCC/C=C2/CCCC2=C1NC(=O)NS(=O)(=O)c1ncn[nH]1. The predicted octanol–water partition coefficient (Wildman–Crippen LogP) is 2.29. The van der Waals surface area contributed by atoms with Crippen LogP contribution in [0.2, 0.25) is 0 Å². The fourth-order valence-electron chi connectivity index (χ4n) is 3.17. The highest BCUT2D eigenvalue weighted by Crippen LogP contribution is 2.36. The molecule has 0 unspecified atom stereocenters. The van der Waals surface area contributed by atoms with E-state index in [4.69, 9.17) is 0 Å². The van der Waals surface area contributed by atoms with Crippen molar-refractivity contribution in [3.8, 4) is 0 Å². The Bertz CT molecular complexity index is 837. The van der Waals surface area contributed by atoms with Crippen LogP contribution >= 0.6 is 0 Å². The molecule has 1 saturated carbocycles. The molecule has 1 aromatic heterocycles. The molecule has 25 heavy (non-hydrogen) atoms. The molecule has 2 aliphatic rings. The zero-order valence-electron chi connectivity index (χ0n) is 13.8. The molecule has 8 nitrogen and oxygen atoms in total. The first-order valence-corrected chi connectivity index (χ1v) is 9.75. The number of rotatable bonds is 3. The van der Waals surface area contributed by atoms with E-state index in [1.54, 1.807) is 0 Å². The number of nitrogens with one attached hydrogen (secondary N) is 3. The van der Waals surface area contributed by atoms with Crippen LogP contribution in [-0.2, 0) is 10.0 Å². The number of hydrogen-bond donors (Lipinski definition) is 3. The summed E-state index contributed by atoms with van der Waals surface area (Å²) >= 11 is 0. The van der Waals surface area contributed by atoms with E-state index >= 15 is 0 Å². The monoisotopic (exact) mass is 363 g/mol. The lowest BCUT2D eigenvalue weighted by molar-refractivity contribution is 0.248. The minimum absolute atomic E-state index is 0.407. The van der Waals surface area contributed by atoms with E-state index in [-0.39, 0.29) is 0 Å². The molecule has 2 amide bonds. The molecule has 1 aromatic rings. The predicted molar refractivity (Wildman–Crippen MR) is 91.8 cm³/mol. The lowest BCUT2D eigenvalue weighted by Crippen LogP contribution is -2.40. The van der Waals surface area contributed by atoms with Crippen LogP contribution in [0.1, 0.15) is 44.9 Å². The van der Waals surface area contributed by atoms with Gasteiger partial charge in [-0.1, -0.05) is 12.7 Å². The van der Waals surface area contributed by atoms with Crippen molar-refractivity contribution in [2.75, 3.05) is 0 Å². The van der Waals surface area contributed by atoms with Crippen molar-refractivity contribution in [3.63, 3.8) is 0 Å². The summed E-state index contributed by atoms with van der Waals surface area (Å²) in [5, 5.41) is 8.01. The maximum absolute atomic E-state index is 12.3. The lowest BCUT2D eigenvalue weighted by atomic mass is 10.0. The molecule has 134 valence electrons. The van der Waals surface area contributed by atoms with Gasteiger partial charge in [-0.15, -0.1) is 0 Å². The number of carbonyl (C=O) groups is 1. The van der Waals surface area contributed by atoms with E-state index in [2.05, 4.69) is 33.2 Å². The molecule has 0 aliphatic heterocycles. The Morgan fingerprint density at radius 2 is 2.04 bits per heavy atom. The normalized spacial score (nSPS) is 20.8. The largest absolute Gasteiger partial charge is 0.333 e. The van der Waals surface area contributed by atoms with Gasteiger partial charge >= 0.3 is 16.1 Å². The van der Waals surface area contributed by atoms with E-state index < -0.39 is 21.2 Å². The second-order valence-electron chi connectivity index (χ2n) is 6.14. The standard InChI is InChI=1S/C16H21N5O3S/c1-11-6-3-2-4-7-12-8-5-9-13(12)14(11)19-15(22)21-25(23,24)16-17-10-18-20-16/h7,10H,1-6,8-9H2,(H,17,18,20)(H2,19,21,22)/b12-7-,14-13?. The average Bonchev–Trinajstić information content (AvgIpc) is 3.22. The van der Waals surface area contributed by atoms with Crippen molar-refractivity contribution in [2.45, 2.75) is 50.1 Å². The first-order chi connectivity index (χ1) is 12.0. The molecule has 1 heterocycles. The van der Waals surface area contributed by atoms with Gasteiger partial charge in [0.15, 0.2) is 0 Å². The molecule has 1 fully saturated rings. The Hall–Kier alpha value is -2.42. The summed E-state index contributed by atoms with van der Waals surface area (Å²) in [4.78, 5) is 15.8. The van der Waals surface area contributed by atoms with Gasteiger partial charge in [0.05, 0.1) is 0 Å². The summed E-state index contributed by atoms with van der Waals surface area (Å²) in [5.41, 5.74) is 3.78. The van der Waals surface area contributed by atoms with Crippen LogP contribution in [0.15, 0.2) is 46.6 Å². The van der Waals surface area contributed by atoms with E-state index in [0.29, 0.717) is 5.70 Å². The Kier molecular flexibility index (Phi) is 5.03. The quantitative estimate of drug-likeness (QED) is 0.762. The highest BCUT2D eigenvalue weighted by molar-refractivity contribution is 7.89. The second kappa shape index (κ2) is 7.22. The second-order valence-corrected chi connectivity index (χ2v) is 7.73. The average molecular weight is 363 g/mol. The van der Waals surface area contributed by atoms with Gasteiger partial charge in [-0.25, -0.2) is 19.6 Å². The molecule has 0 spiro atoms. The van der Waals surface area contributed by atoms with Gasteiger partial charge in [0.2, 0.25) is 0 Å². The van der Waals surface area contributed by atoms with Crippen LogP contribution in [0, 0.1) is 0 Å². The molecule has 0 bridgehead atoms. The van der Waals surface area contributed by atoms with Crippen molar-refractivity contribution in [1.29, 1.82) is 0 Å². The van der Waals surface area contributed by atoms with Gasteiger partial charge in [-0.3, -0.25) is 0 Å². The summed E-state index contributed by atoms with van der Waals surface area (Å²) in [6.45, 7) is 4.09. The maximum Gasteiger partial charge on any atom is 0.333 e. The number of hydrogen-bond acceptors (Lipinski definition) is 5. The van der Waals surface area contributed by atoms with Crippen LogP contribution in [-0.4, -0.2) is 29.6 Å². The zero-order valence-corrected chi connectivity index (χ0v) is 14.7.